The van der Waals surface area contributed by atoms with Crippen molar-refractivity contribution < 1.29 is 14.6 Å². The minimum atomic E-state index is -0.379. The molecule has 1 aliphatic heterocycles. The van der Waals surface area contributed by atoms with E-state index in [4.69, 9.17) is 21.1 Å². The summed E-state index contributed by atoms with van der Waals surface area (Å²) in [6.45, 7) is 5.47. The van der Waals surface area contributed by atoms with E-state index in [1.807, 2.05) is 13.0 Å². The van der Waals surface area contributed by atoms with Crippen LogP contribution in [0.25, 0.3) is 0 Å². The van der Waals surface area contributed by atoms with Crippen LogP contribution in [0.3, 0.4) is 0 Å². The molecule has 2 atom stereocenters. The molecule has 5 nitrogen and oxygen atoms in total. The molecule has 0 radical (unpaired) electrons. The summed E-state index contributed by atoms with van der Waals surface area (Å²) in [5.41, 5.74) is 0.951. The molecule has 130 valence electrons. The molecule has 2 unspecified atom stereocenters. The number of hydrogen-bond acceptors (Lipinski definition) is 5. The number of methoxy groups -OCH3 is 2. The van der Waals surface area contributed by atoms with Crippen molar-refractivity contribution in [3.63, 3.8) is 0 Å². The van der Waals surface area contributed by atoms with Gasteiger partial charge in [0.05, 0.1) is 25.3 Å². The highest BCUT2D eigenvalue weighted by Crippen LogP contribution is 2.35. The van der Waals surface area contributed by atoms with Crippen molar-refractivity contribution in [2.75, 3.05) is 40.4 Å². The fourth-order valence-corrected chi connectivity index (χ4v) is 3.22. The van der Waals surface area contributed by atoms with Gasteiger partial charge in [-0.1, -0.05) is 11.6 Å². The van der Waals surface area contributed by atoms with Crippen LogP contribution in [0.1, 0.15) is 31.4 Å². The van der Waals surface area contributed by atoms with Crippen molar-refractivity contribution in [2.45, 2.75) is 31.9 Å². The molecule has 1 fully saturated rings. The number of aliphatic hydroxyl groups is 1. The first-order valence-electron chi connectivity index (χ1n) is 8.10. The first-order chi connectivity index (χ1) is 11.0. The molecule has 23 heavy (non-hydrogen) atoms. The summed E-state index contributed by atoms with van der Waals surface area (Å²) in [6, 6.07) is 3.65. The minimum Gasteiger partial charge on any atom is -0.496 e. The fourth-order valence-electron chi connectivity index (χ4n) is 2.97. The van der Waals surface area contributed by atoms with Gasteiger partial charge in [-0.2, -0.15) is 0 Å². The van der Waals surface area contributed by atoms with Gasteiger partial charge in [0.1, 0.15) is 11.5 Å². The second kappa shape index (κ2) is 8.73. The number of likely N-dealkylation sites (tertiary alicyclic amines) is 1. The van der Waals surface area contributed by atoms with Gasteiger partial charge >= 0.3 is 0 Å². The summed E-state index contributed by atoms with van der Waals surface area (Å²) < 4.78 is 10.6. The molecule has 0 amide bonds. The average Bonchev–Trinajstić information content (AvgIpc) is 3.05. The van der Waals surface area contributed by atoms with Crippen molar-refractivity contribution >= 4 is 11.6 Å². The number of nitrogens with zero attached hydrogens (tertiary/aromatic N) is 1. The van der Waals surface area contributed by atoms with Crippen molar-refractivity contribution in [3.05, 3.63) is 22.7 Å². The molecular formula is C17H27ClN2O3. The first-order valence-corrected chi connectivity index (χ1v) is 8.48. The average molecular weight is 343 g/mol. The fraction of sp³-hybridized carbons (Fsp3) is 0.647. The SMILES string of the molecule is COc1cc(OC)c(C(C)NCC(O)CN2CCCC2)cc1Cl. The third-order valence-corrected chi connectivity index (χ3v) is 4.59. The van der Waals surface area contributed by atoms with Gasteiger partial charge in [0, 0.05) is 30.8 Å². The molecule has 1 aromatic carbocycles. The van der Waals surface area contributed by atoms with Crippen molar-refractivity contribution in [3.8, 4) is 11.5 Å². The van der Waals surface area contributed by atoms with Crippen LogP contribution in [-0.4, -0.2) is 56.5 Å². The van der Waals surface area contributed by atoms with E-state index in [0.717, 1.165) is 30.9 Å². The highest BCUT2D eigenvalue weighted by Gasteiger charge is 2.18. The Morgan fingerprint density at radius 2 is 1.87 bits per heavy atom. The quantitative estimate of drug-likeness (QED) is 0.760. The molecule has 0 aromatic heterocycles. The molecule has 1 saturated heterocycles. The maximum Gasteiger partial charge on any atom is 0.141 e. The number of hydrogen-bond donors (Lipinski definition) is 2. The van der Waals surface area contributed by atoms with E-state index in [9.17, 15) is 5.11 Å². The highest BCUT2D eigenvalue weighted by atomic mass is 35.5. The van der Waals surface area contributed by atoms with E-state index in [0.29, 0.717) is 17.3 Å². The zero-order valence-corrected chi connectivity index (χ0v) is 14.9. The van der Waals surface area contributed by atoms with Gasteiger partial charge in [-0.05, 0) is 38.9 Å². The van der Waals surface area contributed by atoms with E-state index in [-0.39, 0.29) is 12.1 Å². The second-order valence-electron chi connectivity index (χ2n) is 6.02. The molecule has 2 rings (SSSR count). The molecule has 0 spiro atoms. The van der Waals surface area contributed by atoms with Gasteiger partial charge < -0.3 is 24.8 Å². The normalized spacial score (nSPS) is 18.0. The molecule has 2 N–H and O–H groups in total. The van der Waals surface area contributed by atoms with E-state index in [1.165, 1.54) is 12.8 Å². The summed E-state index contributed by atoms with van der Waals surface area (Å²) >= 11 is 6.21. The molecule has 6 heteroatoms. The Hall–Kier alpha value is -1.01. The van der Waals surface area contributed by atoms with Crippen molar-refractivity contribution in [2.24, 2.45) is 0 Å². The first kappa shape index (κ1) is 18.3. The lowest BCUT2D eigenvalue weighted by Crippen LogP contribution is -2.37. The molecule has 1 aromatic rings. The number of benzene rings is 1. The van der Waals surface area contributed by atoms with Crippen LogP contribution >= 0.6 is 11.6 Å². The summed E-state index contributed by atoms with van der Waals surface area (Å²) in [7, 11) is 3.21. The third kappa shape index (κ3) is 4.98. The highest BCUT2D eigenvalue weighted by molar-refractivity contribution is 6.32. The summed E-state index contributed by atoms with van der Waals surface area (Å²) in [5, 5.41) is 14.1. The van der Waals surface area contributed by atoms with Crippen LogP contribution < -0.4 is 14.8 Å². The molecular weight excluding hydrogens is 316 g/mol. The minimum absolute atomic E-state index is 0.0154. The predicted molar refractivity (Wildman–Crippen MR) is 92.7 cm³/mol. The maximum absolute atomic E-state index is 10.2. The van der Waals surface area contributed by atoms with Crippen LogP contribution in [0.2, 0.25) is 5.02 Å². The van der Waals surface area contributed by atoms with Crippen molar-refractivity contribution in [1.29, 1.82) is 0 Å². The van der Waals surface area contributed by atoms with Crippen LogP contribution in [0.15, 0.2) is 12.1 Å². The summed E-state index contributed by atoms with van der Waals surface area (Å²) in [5.74, 6) is 1.31. The van der Waals surface area contributed by atoms with Crippen molar-refractivity contribution in [1.82, 2.24) is 10.2 Å². The number of aliphatic hydroxyl groups excluding tert-OH is 1. The number of halogens is 1. The topological polar surface area (TPSA) is 54.0 Å². The van der Waals surface area contributed by atoms with E-state index < -0.39 is 0 Å². The molecule has 0 saturated carbocycles. The zero-order chi connectivity index (χ0) is 16.8. The van der Waals surface area contributed by atoms with Crippen LogP contribution in [0, 0.1) is 0 Å². The third-order valence-electron chi connectivity index (χ3n) is 4.30. The van der Waals surface area contributed by atoms with Gasteiger partial charge in [-0.25, -0.2) is 0 Å². The molecule has 1 aliphatic rings. The van der Waals surface area contributed by atoms with Gasteiger partial charge in [-0.15, -0.1) is 0 Å². The van der Waals surface area contributed by atoms with Gasteiger partial charge in [0.25, 0.3) is 0 Å². The van der Waals surface area contributed by atoms with Gasteiger partial charge in [0.15, 0.2) is 0 Å². The van der Waals surface area contributed by atoms with Crippen LogP contribution in [0.5, 0.6) is 11.5 Å². The number of β-amino-alcohol motifs (C(OH)–C–C–N with tert-alkyl or cyclic N) is 1. The maximum atomic E-state index is 10.2. The number of nitrogens with one attached hydrogen (secondary N) is 1. The van der Waals surface area contributed by atoms with E-state index in [1.54, 1.807) is 20.3 Å². The van der Waals surface area contributed by atoms with Gasteiger partial charge in [-0.3, -0.25) is 0 Å². The Morgan fingerprint density at radius 3 is 2.48 bits per heavy atom. The van der Waals surface area contributed by atoms with Crippen LogP contribution in [-0.2, 0) is 0 Å². The molecule has 1 heterocycles. The van der Waals surface area contributed by atoms with E-state index in [2.05, 4.69) is 10.2 Å². The Labute approximate surface area is 143 Å². The predicted octanol–water partition coefficient (Wildman–Crippen LogP) is 2.46. The second-order valence-corrected chi connectivity index (χ2v) is 6.43. The lowest BCUT2D eigenvalue weighted by Gasteiger charge is -2.23. The Balaban J connectivity index is 1.94. The van der Waals surface area contributed by atoms with Crippen LogP contribution in [0.4, 0.5) is 0 Å². The van der Waals surface area contributed by atoms with E-state index >= 15 is 0 Å². The number of rotatable bonds is 8. The Kier molecular flexibility index (Phi) is 6.96. The summed E-state index contributed by atoms with van der Waals surface area (Å²) in [4.78, 5) is 2.31. The lowest BCUT2D eigenvalue weighted by atomic mass is 10.1. The Morgan fingerprint density at radius 1 is 1.22 bits per heavy atom. The molecule has 0 bridgehead atoms. The Bertz CT molecular complexity index is 507. The summed E-state index contributed by atoms with van der Waals surface area (Å²) in [6.07, 6.45) is 2.09. The lowest BCUT2D eigenvalue weighted by molar-refractivity contribution is 0.121. The van der Waals surface area contributed by atoms with Gasteiger partial charge in [0.2, 0.25) is 0 Å². The smallest absolute Gasteiger partial charge is 0.141 e. The number of ether oxygens (including phenoxy) is 2. The monoisotopic (exact) mass is 342 g/mol. The standard InChI is InChI=1S/C17H27ClN2O3/c1-12(19-10-13(21)11-20-6-4-5-7-20)14-8-15(18)17(23-3)9-16(14)22-2/h8-9,12-13,19,21H,4-7,10-11H2,1-3H3. The molecule has 0 aliphatic carbocycles. The zero-order valence-electron chi connectivity index (χ0n) is 14.1. The largest absolute Gasteiger partial charge is 0.496 e.